The van der Waals surface area contributed by atoms with Gasteiger partial charge in [0.05, 0.1) is 12.7 Å². The van der Waals surface area contributed by atoms with E-state index < -0.39 is 0 Å². The van der Waals surface area contributed by atoms with Gasteiger partial charge in [-0.2, -0.15) is 0 Å². The lowest BCUT2D eigenvalue weighted by Gasteiger charge is -2.22. The second-order valence-corrected chi connectivity index (χ2v) is 5.61. The van der Waals surface area contributed by atoms with E-state index in [0.717, 1.165) is 12.4 Å². The first-order valence-corrected chi connectivity index (χ1v) is 6.75. The van der Waals surface area contributed by atoms with Crippen LogP contribution in [0.1, 0.15) is 20.3 Å². The monoisotopic (exact) mass is 235 g/mol. The minimum atomic E-state index is 0.0593. The molecule has 0 saturated carbocycles. The maximum absolute atomic E-state index is 11.3. The first-order chi connectivity index (χ1) is 6.56. The van der Waals surface area contributed by atoms with Crippen molar-refractivity contribution in [1.82, 2.24) is 5.32 Å². The first-order valence-electron chi connectivity index (χ1n) is 4.71. The highest BCUT2D eigenvalue weighted by Gasteiger charge is 2.39. The molecule has 0 bridgehead atoms. The molecule has 82 valence electrons. The van der Waals surface area contributed by atoms with Crippen LogP contribution < -0.4 is 5.32 Å². The second kappa shape index (κ2) is 5.28. The summed E-state index contributed by atoms with van der Waals surface area (Å²) in [5.41, 5.74) is 0.0593. The molecule has 1 aliphatic heterocycles. The van der Waals surface area contributed by atoms with Crippen LogP contribution in [0, 0.1) is 5.41 Å². The third-order valence-electron chi connectivity index (χ3n) is 2.37. The van der Waals surface area contributed by atoms with E-state index in [4.69, 9.17) is 4.74 Å². The van der Waals surface area contributed by atoms with Crippen molar-refractivity contribution in [3.63, 3.8) is 0 Å². The van der Waals surface area contributed by atoms with Gasteiger partial charge in [-0.15, -0.1) is 11.7 Å². The van der Waals surface area contributed by atoms with Crippen LogP contribution in [0.3, 0.4) is 0 Å². The van der Waals surface area contributed by atoms with Gasteiger partial charge in [-0.05, 0) is 0 Å². The maximum atomic E-state index is 11.3. The molecule has 1 aliphatic rings. The molecule has 0 aliphatic carbocycles. The van der Waals surface area contributed by atoms with Gasteiger partial charge in [0.2, 0.25) is 5.91 Å². The number of nitrogens with one attached hydrogen (secondary N) is 1. The van der Waals surface area contributed by atoms with E-state index in [1.807, 2.05) is 0 Å². The average Bonchev–Trinajstić information content (AvgIpc) is 2.94. The molecule has 0 aromatic carbocycles. The number of hydrogen-bond acceptors (Lipinski definition) is 4. The van der Waals surface area contributed by atoms with Gasteiger partial charge >= 0.3 is 0 Å². The van der Waals surface area contributed by atoms with E-state index in [9.17, 15) is 4.79 Å². The zero-order valence-corrected chi connectivity index (χ0v) is 10.3. The fraction of sp³-hybridized carbons (Fsp3) is 0.889. The molecule has 0 spiro atoms. The van der Waals surface area contributed by atoms with Gasteiger partial charge in [-0.25, -0.2) is 0 Å². The summed E-state index contributed by atoms with van der Waals surface area (Å²) in [4.78, 5) is 11.3. The van der Waals surface area contributed by atoms with Gasteiger partial charge in [0, 0.05) is 24.1 Å². The summed E-state index contributed by atoms with van der Waals surface area (Å²) < 4.78 is 5.22. The van der Waals surface area contributed by atoms with Crippen molar-refractivity contribution in [2.75, 3.05) is 18.9 Å². The van der Waals surface area contributed by atoms with E-state index in [0.29, 0.717) is 19.1 Å². The quantitative estimate of drug-likeness (QED) is 0.416. The molecular formula is C9H17NO2S2. The highest BCUT2D eigenvalue weighted by atomic mass is 33.1. The Bertz CT molecular complexity index is 205. The van der Waals surface area contributed by atoms with Gasteiger partial charge in [-0.3, -0.25) is 4.79 Å². The smallest absolute Gasteiger partial charge is 0.220 e. The number of thiol groups is 1. The molecule has 0 aromatic rings. The third-order valence-corrected chi connectivity index (χ3v) is 3.30. The molecule has 1 saturated heterocycles. The molecule has 14 heavy (non-hydrogen) atoms. The Hall–Kier alpha value is 0.130. The summed E-state index contributed by atoms with van der Waals surface area (Å²) in [6.07, 6.45) is 0.859. The van der Waals surface area contributed by atoms with E-state index in [-0.39, 0.29) is 11.3 Å². The summed E-state index contributed by atoms with van der Waals surface area (Å²) in [6.45, 7) is 5.74. The predicted octanol–water partition coefficient (Wildman–Crippen LogP) is 1.50. The fourth-order valence-electron chi connectivity index (χ4n) is 1.17. The van der Waals surface area contributed by atoms with Crippen LogP contribution >= 0.6 is 22.5 Å². The van der Waals surface area contributed by atoms with Crippen LogP contribution in [0.25, 0.3) is 0 Å². The van der Waals surface area contributed by atoms with Gasteiger partial charge in [0.1, 0.15) is 0 Å². The molecule has 1 N–H and O–H groups in total. The number of ether oxygens (including phenoxy) is 1. The van der Waals surface area contributed by atoms with Crippen LogP contribution in [0.15, 0.2) is 0 Å². The van der Waals surface area contributed by atoms with Crippen molar-refractivity contribution >= 4 is 28.4 Å². The number of rotatable bonds is 6. The molecule has 0 aromatic heterocycles. The van der Waals surface area contributed by atoms with Crippen LogP contribution in [0.4, 0.5) is 0 Å². The summed E-state index contributed by atoms with van der Waals surface area (Å²) in [7, 11) is 1.39. The van der Waals surface area contributed by atoms with Gasteiger partial charge in [-0.1, -0.05) is 24.6 Å². The van der Waals surface area contributed by atoms with Gasteiger partial charge in [0.15, 0.2) is 0 Å². The largest absolute Gasteiger partial charge is 0.372 e. The maximum Gasteiger partial charge on any atom is 0.220 e. The molecule has 1 fully saturated rings. The molecule has 3 nitrogen and oxygen atoms in total. The lowest BCUT2D eigenvalue weighted by Crippen LogP contribution is -2.37. The minimum Gasteiger partial charge on any atom is -0.372 e. The average molecular weight is 235 g/mol. The lowest BCUT2D eigenvalue weighted by molar-refractivity contribution is -0.121. The van der Waals surface area contributed by atoms with Gasteiger partial charge in [0.25, 0.3) is 0 Å². The number of epoxide rings is 1. The Kier molecular flexibility index (Phi) is 4.60. The van der Waals surface area contributed by atoms with Crippen molar-refractivity contribution in [2.24, 2.45) is 5.41 Å². The van der Waals surface area contributed by atoms with Crippen molar-refractivity contribution in [3.05, 3.63) is 0 Å². The molecule has 1 amide bonds. The Morgan fingerprint density at radius 3 is 2.86 bits per heavy atom. The highest BCUT2D eigenvalue weighted by molar-refractivity contribution is 8.68. The third kappa shape index (κ3) is 4.11. The van der Waals surface area contributed by atoms with E-state index in [1.165, 1.54) is 10.8 Å². The Morgan fingerprint density at radius 2 is 2.36 bits per heavy atom. The first kappa shape index (κ1) is 12.2. The van der Waals surface area contributed by atoms with Crippen molar-refractivity contribution < 1.29 is 9.53 Å². The Morgan fingerprint density at radius 1 is 1.71 bits per heavy atom. The zero-order valence-electron chi connectivity index (χ0n) is 8.58. The van der Waals surface area contributed by atoms with E-state index in [2.05, 4.69) is 30.8 Å². The van der Waals surface area contributed by atoms with Crippen LogP contribution in [0.5, 0.6) is 0 Å². The molecule has 0 radical (unpaired) electrons. The molecule has 1 atom stereocenters. The fourth-order valence-corrected chi connectivity index (χ4v) is 1.72. The normalized spacial score (nSPS) is 20.6. The Labute approximate surface area is 94.2 Å². The number of carbonyl (C=O) groups is 1. The van der Waals surface area contributed by atoms with Crippen LogP contribution in [-0.2, 0) is 9.53 Å². The summed E-state index contributed by atoms with van der Waals surface area (Å²) in [5, 5.41) is 2.91. The molecule has 5 heteroatoms. The molecule has 1 rings (SSSR count). The predicted molar refractivity (Wildman–Crippen MR) is 62.6 cm³/mol. The molecule has 1 unspecified atom stereocenters. The van der Waals surface area contributed by atoms with Crippen LogP contribution in [0.2, 0.25) is 0 Å². The van der Waals surface area contributed by atoms with Crippen molar-refractivity contribution in [1.29, 1.82) is 0 Å². The van der Waals surface area contributed by atoms with Crippen molar-refractivity contribution in [3.8, 4) is 0 Å². The zero-order chi connectivity index (χ0) is 10.6. The number of amides is 1. The van der Waals surface area contributed by atoms with E-state index >= 15 is 0 Å². The summed E-state index contributed by atoms with van der Waals surface area (Å²) in [6, 6.07) is 0. The topological polar surface area (TPSA) is 41.6 Å². The second-order valence-electron chi connectivity index (χ2n) is 4.17. The standard InChI is InChI=1S/C9H17NO2S2/c1-9(2,7-5-12-7)6-10-8(11)3-4-14-13/h7,13H,3-6H2,1-2H3,(H,10,11). The molecule has 1 heterocycles. The molecular weight excluding hydrogens is 218 g/mol. The minimum absolute atomic E-state index is 0.0593. The summed E-state index contributed by atoms with van der Waals surface area (Å²) in [5.74, 6) is 0.857. The SMILES string of the molecule is CC(C)(CNC(=O)CCSS)C1CO1. The number of carbonyl (C=O) groups excluding carboxylic acids is 1. The van der Waals surface area contributed by atoms with E-state index in [1.54, 1.807) is 0 Å². The van der Waals surface area contributed by atoms with Crippen molar-refractivity contribution in [2.45, 2.75) is 26.4 Å². The van der Waals surface area contributed by atoms with Crippen LogP contribution in [-0.4, -0.2) is 30.9 Å². The Balaban J connectivity index is 2.15. The number of hydrogen-bond donors (Lipinski definition) is 2. The highest BCUT2D eigenvalue weighted by Crippen LogP contribution is 2.31. The summed E-state index contributed by atoms with van der Waals surface area (Å²) >= 11 is 3.98. The lowest BCUT2D eigenvalue weighted by atomic mass is 9.89. The van der Waals surface area contributed by atoms with Gasteiger partial charge < -0.3 is 10.1 Å².